The van der Waals surface area contributed by atoms with E-state index in [4.69, 9.17) is 5.73 Å². The Morgan fingerprint density at radius 1 is 1.21 bits per heavy atom. The lowest BCUT2D eigenvalue weighted by Gasteiger charge is -2.39. The minimum atomic E-state index is 0.112. The fourth-order valence-corrected chi connectivity index (χ4v) is 2.91. The van der Waals surface area contributed by atoms with E-state index in [0.29, 0.717) is 0 Å². The monoisotopic (exact) mass is 196 g/mol. The van der Waals surface area contributed by atoms with Crippen molar-refractivity contribution < 1.29 is 0 Å². The Hall–Kier alpha value is -0.0800. The van der Waals surface area contributed by atoms with Gasteiger partial charge in [0.15, 0.2) is 0 Å². The Labute approximate surface area is 87.8 Å². The number of hydrogen-bond acceptors (Lipinski definition) is 2. The normalized spacial score (nSPS) is 38.8. The number of hydrogen-bond donors (Lipinski definition) is 1. The molecule has 0 spiro atoms. The fraction of sp³-hybridized carbons (Fsp3) is 1.00. The van der Waals surface area contributed by atoms with E-state index in [1.807, 2.05) is 0 Å². The Kier molecular flexibility index (Phi) is 2.85. The van der Waals surface area contributed by atoms with Gasteiger partial charge in [-0.1, -0.05) is 6.92 Å². The molecule has 0 aromatic carbocycles. The van der Waals surface area contributed by atoms with Crippen LogP contribution in [-0.2, 0) is 0 Å². The van der Waals surface area contributed by atoms with Crippen LogP contribution in [0.1, 0.15) is 46.0 Å². The first-order valence-electron chi connectivity index (χ1n) is 6.10. The molecule has 2 N–H and O–H groups in total. The Balaban J connectivity index is 1.83. The van der Waals surface area contributed by atoms with Crippen molar-refractivity contribution in [2.45, 2.75) is 57.5 Å². The minimum absolute atomic E-state index is 0.112. The molecule has 2 heteroatoms. The first-order chi connectivity index (χ1) is 6.57. The average Bonchev–Trinajstić information content (AvgIpc) is 2.52. The Bertz CT molecular complexity index is 190. The molecule has 2 aliphatic rings. The van der Waals surface area contributed by atoms with Gasteiger partial charge in [0.1, 0.15) is 0 Å². The summed E-state index contributed by atoms with van der Waals surface area (Å²) < 4.78 is 0. The molecule has 1 aliphatic heterocycles. The molecule has 82 valence electrons. The second kappa shape index (κ2) is 3.82. The van der Waals surface area contributed by atoms with E-state index in [1.165, 1.54) is 45.2 Å². The molecule has 1 saturated carbocycles. The lowest BCUT2D eigenvalue weighted by molar-refractivity contribution is 0.124. The highest BCUT2D eigenvalue weighted by Gasteiger charge is 2.32. The summed E-state index contributed by atoms with van der Waals surface area (Å²) in [4.78, 5) is 2.68. The van der Waals surface area contributed by atoms with Gasteiger partial charge in [-0.05, 0) is 44.9 Å². The van der Waals surface area contributed by atoms with Crippen molar-refractivity contribution >= 4 is 0 Å². The van der Waals surface area contributed by atoms with Gasteiger partial charge in [-0.2, -0.15) is 0 Å². The summed E-state index contributed by atoms with van der Waals surface area (Å²) >= 11 is 0. The molecule has 1 saturated heterocycles. The molecule has 2 rings (SSSR count). The topological polar surface area (TPSA) is 29.3 Å². The molecule has 0 radical (unpaired) electrons. The predicted octanol–water partition coefficient (Wildman–Crippen LogP) is 1.99. The zero-order valence-electron chi connectivity index (χ0n) is 9.63. The van der Waals surface area contributed by atoms with E-state index >= 15 is 0 Å². The smallest absolute Gasteiger partial charge is 0.0150 e. The number of likely N-dealkylation sites (tertiary alicyclic amines) is 1. The van der Waals surface area contributed by atoms with Crippen LogP contribution in [0.15, 0.2) is 0 Å². The molecule has 2 unspecified atom stereocenters. The molecule has 14 heavy (non-hydrogen) atoms. The summed E-state index contributed by atoms with van der Waals surface area (Å²) in [5, 5.41) is 0. The third-order valence-electron chi connectivity index (χ3n) is 4.12. The van der Waals surface area contributed by atoms with Gasteiger partial charge in [-0.25, -0.2) is 0 Å². The SMILES string of the molecule is CC1CCC(N2CCC(C)(N)CC2)C1. The molecule has 0 bridgehead atoms. The maximum absolute atomic E-state index is 6.14. The lowest BCUT2D eigenvalue weighted by Crippen LogP contribution is -2.50. The van der Waals surface area contributed by atoms with Crippen LogP contribution in [0.25, 0.3) is 0 Å². The van der Waals surface area contributed by atoms with Gasteiger partial charge in [0, 0.05) is 24.7 Å². The first kappa shape index (κ1) is 10.4. The second-order valence-corrected chi connectivity index (χ2v) is 5.76. The van der Waals surface area contributed by atoms with Gasteiger partial charge in [0.25, 0.3) is 0 Å². The first-order valence-corrected chi connectivity index (χ1v) is 6.10. The van der Waals surface area contributed by atoms with Crippen LogP contribution >= 0.6 is 0 Å². The molecule has 2 atom stereocenters. The van der Waals surface area contributed by atoms with Crippen molar-refractivity contribution in [1.82, 2.24) is 4.90 Å². The molecule has 1 heterocycles. The van der Waals surface area contributed by atoms with Gasteiger partial charge in [-0.3, -0.25) is 0 Å². The third kappa shape index (κ3) is 2.29. The van der Waals surface area contributed by atoms with Crippen molar-refractivity contribution in [2.75, 3.05) is 13.1 Å². The van der Waals surface area contributed by atoms with E-state index in [9.17, 15) is 0 Å². The van der Waals surface area contributed by atoms with Gasteiger partial charge >= 0.3 is 0 Å². The Morgan fingerprint density at radius 3 is 2.36 bits per heavy atom. The van der Waals surface area contributed by atoms with Crippen LogP contribution in [0.3, 0.4) is 0 Å². The van der Waals surface area contributed by atoms with E-state index in [2.05, 4.69) is 18.7 Å². The molecule has 2 fully saturated rings. The molecule has 1 aliphatic carbocycles. The summed E-state index contributed by atoms with van der Waals surface area (Å²) in [5.41, 5.74) is 6.25. The van der Waals surface area contributed by atoms with Gasteiger partial charge in [-0.15, -0.1) is 0 Å². The summed E-state index contributed by atoms with van der Waals surface area (Å²) in [5.74, 6) is 0.950. The fourth-order valence-electron chi connectivity index (χ4n) is 2.91. The van der Waals surface area contributed by atoms with Crippen LogP contribution in [-0.4, -0.2) is 29.6 Å². The number of rotatable bonds is 1. The van der Waals surface area contributed by atoms with E-state index < -0.39 is 0 Å². The summed E-state index contributed by atoms with van der Waals surface area (Å²) in [6.45, 7) is 7.04. The summed E-state index contributed by atoms with van der Waals surface area (Å²) in [7, 11) is 0. The highest BCUT2D eigenvalue weighted by molar-refractivity contribution is 4.90. The zero-order valence-corrected chi connectivity index (χ0v) is 9.63. The van der Waals surface area contributed by atoms with Crippen molar-refractivity contribution in [1.29, 1.82) is 0 Å². The van der Waals surface area contributed by atoms with E-state index in [-0.39, 0.29) is 5.54 Å². The average molecular weight is 196 g/mol. The zero-order chi connectivity index (χ0) is 10.2. The van der Waals surface area contributed by atoms with Crippen LogP contribution in [0.5, 0.6) is 0 Å². The van der Waals surface area contributed by atoms with Gasteiger partial charge < -0.3 is 10.6 Å². The molecule has 2 nitrogen and oxygen atoms in total. The standard InChI is InChI=1S/C12H24N2/c1-10-3-4-11(9-10)14-7-5-12(2,13)6-8-14/h10-11H,3-9,13H2,1-2H3. The van der Waals surface area contributed by atoms with Gasteiger partial charge in [0.2, 0.25) is 0 Å². The highest BCUT2D eigenvalue weighted by Crippen LogP contribution is 2.31. The van der Waals surface area contributed by atoms with Gasteiger partial charge in [0.05, 0.1) is 0 Å². The lowest BCUT2D eigenvalue weighted by atomic mass is 9.90. The van der Waals surface area contributed by atoms with E-state index in [1.54, 1.807) is 0 Å². The number of nitrogens with two attached hydrogens (primary N) is 1. The predicted molar refractivity (Wildman–Crippen MR) is 60.2 cm³/mol. The van der Waals surface area contributed by atoms with Crippen LogP contribution < -0.4 is 5.73 Å². The quantitative estimate of drug-likeness (QED) is 0.695. The van der Waals surface area contributed by atoms with E-state index in [0.717, 1.165) is 12.0 Å². The minimum Gasteiger partial charge on any atom is -0.325 e. The van der Waals surface area contributed by atoms with Crippen molar-refractivity contribution in [3.8, 4) is 0 Å². The molecular formula is C12H24N2. The molecule has 0 amide bonds. The summed E-state index contributed by atoms with van der Waals surface area (Å²) in [6, 6.07) is 0.876. The maximum atomic E-state index is 6.14. The maximum Gasteiger partial charge on any atom is 0.0150 e. The van der Waals surface area contributed by atoms with Crippen LogP contribution in [0, 0.1) is 5.92 Å². The molecular weight excluding hydrogens is 172 g/mol. The van der Waals surface area contributed by atoms with Crippen molar-refractivity contribution in [3.05, 3.63) is 0 Å². The van der Waals surface area contributed by atoms with Crippen LogP contribution in [0.4, 0.5) is 0 Å². The summed E-state index contributed by atoms with van der Waals surface area (Å²) in [6.07, 6.45) is 6.63. The molecule has 0 aromatic rings. The van der Waals surface area contributed by atoms with Crippen LogP contribution in [0.2, 0.25) is 0 Å². The van der Waals surface area contributed by atoms with Crippen molar-refractivity contribution in [3.63, 3.8) is 0 Å². The highest BCUT2D eigenvalue weighted by atomic mass is 15.2. The second-order valence-electron chi connectivity index (χ2n) is 5.76. The number of piperidine rings is 1. The van der Waals surface area contributed by atoms with Crippen molar-refractivity contribution in [2.24, 2.45) is 11.7 Å². The number of nitrogens with zero attached hydrogens (tertiary/aromatic N) is 1. The molecule has 0 aromatic heterocycles. The largest absolute Gasteiger partial charge is 0.325 e. The Morgan fingerprint density at radius 2 is 1.86 bits per heavy atom. The third-order valence-corrected chi connectivity index (χ3v) is 4.12.